The van der Waals surface area contributed by atoms with Gasteiger partial charge in [-0.25, -0.2) is 0 Å². The highest BCUT2D eigenvalue weighted by molar-refractivity contribution is 5.89. The van der Waals surface area contributed by atoms with Gasteiger partial charge in [0.25, 0.3) is 0 Å². The normalized spacial score (nSPS) is 11.5. The molecule has 0 aliphatic heterocycles. The predicted molar refractivity (Wildman–Crippen MR) is 149 cm³/mol. The maximum Gasteiger partial charge on any atom is 0.134 e. The van der Waals surface area contributed by atoms with Crippen LogP contribution in [0.4, 0.5) is 11.4 Å². The average molecular weight is 465 g/mol. The number of benzene rings is 3. The lowest BCUT2D eigenvalue weighted by Gasteiger charge is -2.30. The summed E-state index contributed by atoms with van der Waals surface area (Å²) in [6.07, 6.45) is 2.23. The Morgan fingerprint density at radius 3 is 1.77 bits per heavy atom. The molecule has 0 fully saturated rings. The van der Waals surface area contributed by atoms with Crippen molar-refractivity contribution >= 4 is 22.3 Å². The van der Waals surface area contributed by atoms with Gasteiger partial charge in [-0.05, 0) is 54.8 Å². The maximum absolute atomic E-state index is 11.1. The Morgan fingerprint density at radius 1 is 0.800 bits per heavy atom. The first-order chi connectivity index (χ1) is 16.8. The number of unbranched alkanes of at least 4 members (excludes halogenated alkanes) is 1. The van der Waals surface area contributed by atoms with Crippen LogP contribution in [0.15, 0.2) is 72.8 Å². The second kappa shape index (κ2) is 9.88. The van der Waals surface area contributed by atoms with Crippen LogP contribution in [0, 0.1) is 18.3 Å². The Labute approximate surface area is 210 Å². The van der Waals surface area contributed by atoms with E-state index >= 15 is 0 Å². The topological polar surface area (TPSA) is 35.2 Å². The lowest BCUT2D eigenvalue weighted by Crippen LogP contribution is -2.29. The van der Waals surface area contributed by atoms with E-state index in [9.17, 15) is 5.26 Å². The molecule has 0 radical (unpaired) electrons. The van der Waals surface area contributed by atoms with Crippen LogP contribution in [-0.2, 0) is 12.0 Å². The van der Waals surface area contributed by atoms with Gasteiger partial charge in [-0.1, -0.05) is 55.8 Å². The molecule has 0 atom stereocenters. The number of fused-ring (bicyclic) bond motifs is 1. The Kier molecular flexibility index (Phi) is 6.89. The fraction of sp³-hybridized carbons (Fsp3) is 0.323. The van der Waals surface area contributed by atoms with Crippen LogP contribution in [0.25, 0.3) is 10.9 Å². The first-order valence-electron chi connectivity index (χ1n) is 12.4. The summed E-state index contributed by atoms with van der Waals surface area (Å²) in [4.78, 5) is 4.18. The van der Waals surface area contributed by atoms with Crippen LogP contribution >= 0.6 is 0 Å². The maximum atomic E-state index is 11.1. The minimum Gasteiger partial charge on any atom is -0.378 e. The summed E-state index contributed by atoms with van der Waals surface area (Å²) in [6.45, 7) is 5.35. The molecule has 180 valence electrons. The second-order valence-electron chi connectivity index (χ2n) is 9.73. The number of nitriles is 1. The van der Waals surface area contributed by atoms with E-state index in [1.165, 1.54) is 5.52 Å². The van der Waals surface area contributed by atoms with Crippen molar-refractivity contribution in [1.82, 2.24) is 4.57 Å². The summed E-state index contributed by atoms with van der Waals surface area (Å²) in [7, 11) is 8.16. The summed E-state index contributed by atoms with van der Waals surface area (Å²) in [5.74, 6) is 0. The van der Waals surface area contributed by atoms with Crippen molar-refractivity contribution in [2.45, 2.75) is 38.6 Å². The summed E-state index contributed by atoms with van der Waals surface area (Å²) in [5, 5.41) is 12.2. The van der Waals surface area contributed by atoms with E-state index in [1.54, 1.807) is 0 Å². The third-order valence-electron chi connectivity index (χ3n) is 7.14. The zero-order chi connectivity index (χ0) is 25.2. The van der Waals surface area contributed by atoms with E-state index in [0.717, 1.165) is 58.5 Å². The standard InChI is InChI=1S/C31H36N4/c1-7-8-21-35-23(2)30(28-11-9-10-12-29(28)35)31(22-32,24-13-17-26(18-14-24)33(3)4)25-15-19-27(20-16-25)34(5)6/h9-20H,7-8,21H2,1-6H3. The van der Waals surface area contributed by atoms with E-state index in [0.29, 0.717) is 0 Å². The number of hydrogen-bond acceptors (Lipinski definition) is 3. The zero-order valence-electron chi connectivity index (χ0n) is 21.8. The Morgan fingerprint density at radius 2 is 1.31 bits per heavy atom. The molecule has 4 nitrogen and oxygen atoms in total. The molecule has 0 N–H and O–H groups in total. The van der Waals surface area contributed by atoms with Gasteiger partial charge in [0.2, 0.25) is 0 Å². The van der Waals surface area contributed by atoms with Gasteiger partial charge in [-0.2, -0.15) is 5.26 Å². The van der Waals surface area contributed by atoms with Gasteiger partial charge in [0, 0.05) is 68.3 Å². The molecular weight excluding hydrogens is 428 g/mol. The highest BCUT2D eigenvalue weighted by Crippen LogP contribution is 2.45. The number of aryl methyl sites for hydroxylation is 1. The number of hydrogen-bond donors (Lipinski definition) is 0. The first kappa shape index (κ1) is 24.4. The minimum atomic E-state index is -0.934. The minimum absolute atomic E-state index is 0.934. The van der Waals surface area contributed by atoms with Crippen LogP contribution in [0.3, 0.4) is 0 Å². The molecule has 1 aromatic heterocycles. The molecule has 0 amide bonds. The molecule has 4 rings (SSSR count). The molecule has 35 heavy (non-hydrogen) atoms. The molecule has 0 saturated carbocycles. The Bertz CT molecular complexity index is 1280. The molecule has 0 aliphatic rings. The van der Waals surface area contributed by atoms with Gasteiger partial charge < -0.3 is 14.4 Å². The lowest BCUT2D eigenvalue weighted by molar-refractivity contribution is 0.630. The quantitative estimate of drug-likeness (QED) is 0.290. The van der Waals surface area contributed by atoms with Gasteiger partial charge in [-0.15, -0.1) is 0 Å². The molecular formula is C31H36N4. The van der Waals surface area contributed by atoms with Crippen molar-refractivity contribution in [3.63, 3.8) is 0 Å². The third-order valence-corrected chi connectivity index (χ3v) is 7.14. The zero-order valence-corrected chi connectivity index (χ0v) is 21.8. The number of para-hydroxylation sites is 1. The van der Waals surface area contributed by atoms with Gasteiger partial charge in [-0.3, -0.25) is 0 Å². The summed E-state index contributed by atoms with van der Waals surface area (Å²) in [6, 6.07) is 28.3. The molecule has 0 unspecified atom stereocenters. The molecule has 4 heteroatoms. The van der Waals surface area contributed by atoms with Gasteiger partial charge in [0.15, 0.2) is 0 Å². The number of rotatable bonds is 8. The predicted octanol–water partition coefficient (Wildman–Crippen LogP) is 6.74. The number of anilines is 2. The van der Waals surface area contributed by atoms with Crippen molar-refractivity contribution in [3.8, 4) is 6.07 Å². The first-order valence-corrected chi connectivity index (χ1v) is 12.4. The molecule has 1 heterocycles. The van der Waals surface area contributed by atoms with Crippen LogP contribution in [0.5, 0.6) is 0 Å². The van der Waals surface area contributed by atoms with Gasteiger partial charge >= 0.3 is 0 Å². The molecule has 0 saturated heterocycles. The van der Waals surface area contributed by atoms with Crippen LogP contribution in [0.1, 0.15) is 42.1 Å². The average Bonchev–Trinajstić information content (AvgIpc) is 3.15. The Balaban J connectivity index is 2.07. The van der Waals surface area contributed by atoms with Crippen LogP contribution < -0.4 is 9.80 Å². The van der Waals surface area contributed by atoms with Crippen LogP contribution in [0.2, 0.25) is 0 Å². The van der Waals surface area contributed by atoms with E-state index in [2.05, 4.69) is 107 Å². The lowest BCUT2D eigenvalue weighted by atomic mass is 9.69. The summed E-state index contributed by atoms with van der Waals surface area (Å²) < 4.78 is 2.41. The molecule has 0 bridgehead atoms. The largest absolute Gasteiger partial charge is 0.378 e. The van der Waals surface area contributed by atoms with Crippen molar-refractivity contribution in [1.29, 1.82) is 5.26 Å². The van der Waals surface area contributed by atoms with Gasteiger partial charge in [0.1, 0.15) is 5.41 Å². The monoisotopic (exact) mass is 464 g/mol. The van der Waals surface area contributed by atoms with Gasteiger partial charge in [0.05, 0.1) is 6.07 Å². The SMILES string of the molecule is CCCCn1c(C)c(C(C#N)(c2ccc(N(C)C)cc2)c2ccc(N(C)C)cc2)c2ccccc21. The highest BCUT2D eigenvalue weighted by Gasteiger charge is 2.41. The second-order valence-corrected chi connectivity index (χ2v) is 9.73. The fourth-order valence-corrected chi connectivity index (χ4v) is 5.17. The molecule has 3 aromatic carbocycles. The summed E-state index contributed by atoms with van der Waals surface area (Å²) in [5.41, 5.74) is 6.72. The smallest absolute Gasteiger partial charge is 0.134 e. The number of aromatic nitrogens is 1. The van der Waals surface area contributed by atoms with E-state index in [-0.39, 0.29) is 0 Å². The summed E-state index contributed by atoms with van der Waals surface area (Å²) >= 11 is 0. The molecule has 4 aromatic rings. The molecule has 0 aliphatic carbocycles. The van der Waals surface area contributed by atoms with Crippen molar-refractivity contribution < 1.29 is 0 Å². The van der Waals surface area contributed by atoms with Crippen molar-refractivity contribution in [2.24, 2.45) is 0 Å². The Hall–Kier alpha value is -3.71. The third kappa shape index (κ3) is 4.17. The fourth-order valence-electron chi connectivity index (χ4n) is 5.17. The molecule has 0 spiro atoms. The van der Waals surface area contributed by atoms with E-state index in [1.807, 2.05) is 28.2 Å². The van der Waals surface area contributed by atoms with Crippen LogP contribution in [-0.4, -0.2) is 32.8 Å². The number of nitrogens with zero attached hydrogens (tertiary/aromatic N) is 4. The van der Waals surface area contributed by atoms with E-state index in [4.69, 9.17) is 0 Å². The van der Waals surface area contributed by atoms with E-state index < -0.39 is 5.41 Å². The highest BCUT2D eigenvalue weighted by atomic mass is 15.1. The van der Waals surface area contributed by atoms with Crippen molar-refractivity contribution in [3.05, 3.63) is 95.2 Å². The van der Waals surface area contributed by atoms with Crippen molar-refractivity contribution in [2.75, 3.05) is 38.0 Å².